The molecule has 0 aliphatic carbocycles. The molecule has 2 N–H and O–H groups in total. The van der Waals surface area contributed by atoms with E-state index in [1.807, 2.05) is 0 Å². The third-order valence-corrected chi connectivity index (χ3v) is 2.91. The number of carbonyl (C=O) groups excluding carboxylic acids is 1. The van der Waals surface area contributed by atoms with Gasteiger partial charge in [-0.15, -0.1) is 0 Å². The molecule has 6 nitrogen and oxygen atoms in total. The molecule has 0 spiro atoms. The van der Waals surface area contributed by atoms with Gasteiger partial charge < -0.3 is 10.4 Å². The van der Waals surface area contributed by atoms with Crippen LogP contribution >= 0.6 is 23.2 Å². The summed E-state index contributed by atoms with van der Waals surface area (Å²) in [4.78, 5) is 21.7. The molecule has 0 unspecified atom stereocenters. The number of nitrogens with zero attached hydrogens (tertiary/aromatic N) is 1. The number of hydrogen-bond acceptors (Lipinski definition) is 4. The van der Waals surface area contributed by atoms with Crippen molar-refractivity contribution < 1.29 is 14.8 Å². The molecule has 98 valence electrons. The van der Waals surface area contributed by atoms with Gasteiger partial charge in [0.1, 0.15) is 5.02 Å². The maximum Gasteiger partial charge on any atom is 0.290 e. The summed E-state index contributed by atoms with van der Waals surface area (Å²) in [5.41, 5.74) is -0.428. The quantitative estimate of drug-likeness (QED) is 0.656. The largest absolute Gasteiger partial charge is 0.394 e. The summed E-state index contributed by atoms with van der Waals surface area (Å²) in [5, 5.41) is 21.7. The van der Waals surface area contributed by atoms with Crippen LogP contribution in [0.25, 0.3) is 0 Å². The molecule has 0 heterocycles. The van der Waals surface area contributed by atoms with Crippen LogP contribution in [0.15, 0.2) is 12.1 Å². The number of nitro groups is 1. The summed E-state index contributed by atoms with van der Waals surface area (Å²) < 4.78 is 0. The highest BCUT2D eigenvalue weighted by molar-refractivity contribution is 6.43. The fourth-order valence-electron chi connectivity index (χ4n) is 1.19. The summed E-state index contributed by atoms with van der Waals surface area (Å²) in [5.74, 6) is -0.571. The second kappa shape index (κ2) is 5.99. The van der Waals surface area contributed by atoms with Gasteiger partial charge in [-0.05, 0) is 13.0 Å². The van der Waals surface area contributed by atoms with Crippen molar-refractivity contribution in [2.45, 2.75) is 13.0 Å². The zero-order valence-corrected chi connectivity index (χ0v) is 10.8. The summed E-state index contributed by atoms with van der Waals surface area (Å²) >= 11 is 11.4. The van der Waals surface area contributed by atoms with Crippen molar-refractivity contribution in [2.75, 3.05) is 6.61 Å². The molecule has 0 saturated carbocycles. The standard InChI is InChI=1S/C10H10Cl2N2O4/c1-5(4-15)13-10(16)6-2-7(11)9(12)8(3-6)14(17)18/h2-3,5,15H,4H2,1H3,(H,13,16)/t5-/m0/s1. The third-order valence-electron chi connectivity index (χ3n) is 2.12. The van der Waals surface area contributed by atoms with Gasteiger partial charge in [-0.2, -0.15) is 0 Å². The first-order chi connectivity index (χ1) is 8.36. The lowest BCUT2D eigenvalue weighted by molar-refractivity contribution is -0.384. The monoisotopic (exact) mass is 292 g/mol. The van der Waals surface area contributed by atoms with Gasteiger partial charge in [0, 0.05) is 17.7 Å². The molecule has 1 rings (SSSR count). The number of carbonyl (C=O) groups is 1. The van der Waals surface area contributed by atoms with E-state index in [0.29, 0.717) is 0 Å². The maximum atomic E-state index is 11.7. The van der Waals surface area contributed by atoms with Gasteiger partial charge in [-0.3, -0.25) is 14.9 Å². The molecule has 0 bridgehead atoms. The minimum atomic E-state index is -0.722. The number of benzene rings is 1. The Kier molecular flexibility index (Phi) is 4.89. The van der Waals surface area contributed by atoms with E-state index in [0.717, 1.165) is 6.07 Å². The van der Waals surface area contributed by atoms with Gasteiger partial charge >= 0.3 is 0 Å². The van der Waals surface area contributed by atoms with E-state index in [-0.39, 0.29) is 22.2 Å². The van der Waals surface area contributed by atoms with Crippen molar-refractivity contribution in [3.63, 3.8) is 0 Å². The van der Waals surface area contributed by atoms with Crippen molar-refractivity contribution in [3.8, 4) is 0 Å². The fourth-order valence-corrected chi connectivity index (χ4v) is 1.58. The number of rotatable bonds is 4. The van der Waals surface area contributed by atoms with E-state index in [4.69, 9.17) is 28.3 Å². The second-order valence-corrected chi connectivity index (χ2v) is 4.39. The Morgan fingerprint density at radius 2 is 2.17 bits per heavy atom. The molecule has 0 aromatic heterocycles. The molecule has 0 aliphatic heterocycles. The number of nitro benzene ring substituents is 1. The first kappa shape index (κ1) is 14.7. The lowest BCUT2D eigenvalue weighted by Gasteiger charge is -2.11. The highest BCUT2D eigenvalue weighted by atomic mass is 35.5. The molecular formula is C10H10Cl2N2O4. The third kappa shape index (κ3) is 3.32. The number of aliphatic hydroxyl groups is 1. The SMILES string of the molecule is C[C@@H](CO)NC(=O)c1cc(Cl)c(Cl)c([N+](=O)[O-])c1. The molecule has 0 radical (unpaired) electrons. The van der Waals surface area contributed by atoms with E-state index in [1.54, 1.807) is 6.92 Å². The van der Waals surface area contributed by atoms with Crippen LogP contribution in [-0.4, -0.2) is 28.6 Å². The normalized spacial score (nSPS) is 12.0. The zero-order chi connectivity index (χ0) is 13.9. The lowest BCUT2D eigenvalue weighted by atomic mass is 10.1. The van der Waals surface area contributed by atoms with E-state index >= 15 is 0 Å². The first-order valence-electron chi connectivity index (χ1n) is 4.92. The zero-order valence-electron chi connectivity index (χ0n) is 9.31. The Hall–Kier alpha value is -1.37. The predicted molar refractivity (Wildman–Crippen MR) is 67.1 cm³/mol. The van der Waals surface area contributed by atoms with E-state index in [1.165, 1.54) is 6.07 Å². The van der Waals surface area contributed by atoms with Crippen LogP contribution in [0.2, 0.25) is 10.0 Å². The molecule has 18 heavy (non-hydrogen) atoms. The van der Waals surface area contributed by atoms with Gasteiger partial charge in [-0.25, -0.2) is 0 Å². The van der Waals surface area contributed by atoms with Gasteiger partial charge in [0.05, 0.1) is 16.6 Å². The molecule has 1 aromatic carbocycles. The Morgan fingerprint density at radius 1 is 1.56 bits per heavy atom. The Bertz CT molecular complexity index is 493. The molecule has 0 aliphatic rings. The highest BCUT2D eigenvalue weighted by Crippen LogP contribution is 2.32. The van der Waals surface area contributed by atoms with Crippen LogP contribution in [-0.2, 0) is 0 Å². The van der Waals surface area contributed by atoms with Crippen molar-refractivity contribution in [1.29, 1.82) is 0 Å². The summed E-state index contributed by atoms with van der Waals surface area (Å²) in [6.45, 7) is 1.35. The highest BCUT2D eigenvalue weighted by Gasteiger charge is 2.20. The van der Waals surface area contributed by atoms with Gasteiger partial charge in [0.2, 0.25) is 0 Å². The topological polar surface area (TPSA) is 92.5 Å². The smallest absolute Gasteiger partial charge is 0.290 e. The van der Waals surface area contributed by atoms with Crippen LogP contribution in [0, 0.1) is 10.1 Å². The van der Waals surface area contributed by atoms with E-state index in [2.05, 4.69) is 5.32 Å². The minimum absolute atomic E-state index is 0.0106. The number of amides is 1. The molecule has 1 aromatic rings. The Balaban J connectivity index is 3.11. The summed E-state index contributed by atoms with van der Waals surface area (Å²) in [7, 11) is 0. The Labute approximate surface area is 113 Å². The average molecular weight is 293 g/mol. The lowest BCUT2D eigenvalue weighted by Crippen LogP contribution is -2.35. The molecule has 0 fully saturated rings. The molecular weight excluding hydrogens is 283 g/mol. The van der Waals surface area contributed by atoms with E-state index < -0.39 is 22.6 Å². The van der Waals surface area contributed by atoms with Crippen molar-refractivity contribution in [2.24, 2.45) is 0 Å². The summed E-state index contributed by atoms with van der Waals surface area (Å²) in [6.07, 6.45) is 0. The van der Waals surface area contributed by atoms with Crippen molar-refractivity contribution in [1.82, 2.24) is 5.32 Å². The number of hydrogen-bond donors (Lipinski definition) is 2. The molecule has 1 amide bonds. The van der Waals surface area contributed by atoms with Gasteiger partial charge in [0.25, 0.3) is 11.6 Å². The van der Waals surface area contributed by atoms with Gasteiger partial charge in [0.15, 0.2) is 0 Å². The second-order valence-electron chi connectivity index (χ2n) is 3.61. The molecule has 0 saturated heterocycles. The van der Waals surface area contributed by atoms with Gasteiger partial charge in [-0.1, -0.05) is 23.2 Å². The van der Waals surface area contributed by atoms with Crippen LogP contribution in [0.1, 0.15) is 17.3 Å². The first-order valence-corrected chi connectivity index (χ1v) is 5.67. The minimum Gasteiger partial charge on any atom is -0.394 e. The number of aliphatic hydroxyl groups excluding tert-OH is 1. The number of halogens is 2. The maximum absolute atomic E-state index is 11.7. The average Bonchev–Trinajstić information content (AvgIpc) is 2.31. The van der Waals surface area contributed by atoms with Crippen molar-refractivity contribution in [3.05, 3.63) is 37.9 Å². The van der Waals surface area contributed by atoms with Crippen LogP contribution in [0.4, 0.5) is 5.69 Å². The molecule has 1 atom stereocenters. The van der Waals surface area contributed by atoms with Crippen LogP contribution < -0.4 is 5.32 Å². The van der Waals surface area contributed by atoms with E-state index in [9.17, 15) is 14.9 Å². The van der Waals surface area contributed by atoms with Crippen molar-refractivity contribution >= 4 is 34.8 Å². The van der Waals surface area contributed by atoms with Crippen LogP contribution in [0.5, 0.6) is 0 Å². The predicted octanol–water partition coefficient (Wildman–Crippen LogP) is 2.01. The Morgan fingerprint density at radius 3 is 2.67 bits per heavy atom. The fraction of sp³-hybridized carbons (Fsp3) is 0.300. The number of nitrogens with one attached hydrogen (secondary N) is 1. The molecule has 8 heteroatoms. The summed E-state index contributed by atoms with van der Waals surface area (Å²) in [6, 6.07) is 1.80. The van der Waals surface area contributed by atoms with Crippen LogP contribution in [0.3, 0.4) is 0 Å².